The summed E-state index contributed by atoms with van der Waals surface area (Å²) in [6.07, 6.45) is 3.99. The van der Waals surface area contributed by atoms with Gasteiger partial charge >= 0.3 is 6.16 Å². The van der Waals surface area contributed by atoms with Gasteiger partial charge in [0, 0.05) is 29.5 Å². The number of methoxy groups -OCH3 is 2. The maximum atomic E-state index is 14.2. The van der Waals surface area contributed by atoms with E-state index in [4.69, 9.17) is 35.5 Å². The molecule has 2 N–H and O–H groups in total. The fourth-order valence-electron chi connectivity index (χ4n) is 8.56. The number of pyridine rings is 1. The normalized spacial score (nSPS) is 23.7. The second kappa shape index (κ2) is 14.8. The van der Waals surface area contributed by atoms with E-state index < -0.39 is 17.8 Å². The third-order valence-corrected chi connectivity index (χ3v) is 11.0. The summed E-state index contributed by atoms with van der Waals surface area (Å²) in [6.45, 7) is 7.63. The first-order chi connectivity index (χ1) is 23.7. The minimum absolute atomic E-state index is 0.0712. The number of carbonyl (C=O) groups is 2. The number of hydrogen-bond donors (Lipinski definition) is 2. The molecule has 3 aromatic rings. The largest absolute Gasteiger partial charge is 0.507 e. The zero-order valence-electron chi connectivity index (χ0n) is 28.7. The van der Waals surface area contributed by atoms with Crippen molar-refractivity contribution in [3.8, 4) is 39.6 Å². The Kier molecular flexibility index (Phi) is 10.6. The second-order valence-corrected chi connectivity index (χ2v) is 13.8. The van der Waals surface area contributed by atoms with Gasteiger partial charge in [-0.3, -0.25) is 4.79 Å². The molecule has 4 saturated carbocycles. The number of ether oxygens (including phenoxy) is 4. The van der Waals surface area contributed by atoms with Crippen molar-refractivity contribution in [1.29, 1.82) is 0 Å². The second-order valence-electron chi connectivity index (χ2n) is 13.4. The third-order valence-electron chi connectivity index (χ3n) is 10.7. The Morgan fingerprint density at radius 3 is 2.18 bits per heavy atom. The average molecular weight is 692 g/mol. The van der Waals surface area contributed by atoms with Crippen molar-refractivity contribution < 1.29 is 33.6 Å². The lowest BCUT2D eigenvalue weighted by molar-refractivity contribution is -0.191. The van der Waals surface area contributed by atoms with Crippen LogP contribution in [-0.2, 0) is 4.74 Å². The summed E-state index contributed by atoms with van der Waals surface area (Å²) in [5.41, 5.74) is 1.35. The molecule has 7 rings (SSSR count). The van der Waals surface area contributed by atoms with Crippen LogP contribution >= 0.6 is 11.6 Å². The Bertz CT molecular complexity index is 1630. The molecule has 0 unspecified atom stereocenters. The molecule has 11 heteroatoms. The van der Waals surface area contributed by atoms with Crippen LogP contribution in [0.2, 0.25) is 5.02 Å². The molecule has 0 saturated heterocycles. The zero-order chi connectivity index (χ0) is 34.7. The van der Waals surface area contributed by atoms with Gasteiger partial charge < -0.3 is 34.3 Å². The van der Waals surface area contributed by atoms with E-state index in [1.54, 1.807) is 26.4 Å². The van der Waals surface area contributed by atoms with Crippen LogP contribution in [0.15, 0.2) is 48.5 Å². The van der Waals surface area contributed by atoms with Crippen molar-refractivity contribution in [3.63, 3.8) is 0 Å². The van der Waals surface area contributed by atoms with Crippen molar-refractivity contribution in [2.75, 3.05) is 40.5 Å². The maximum absolute atomic E-state index is 14.2. The highest BCUT2D eigenvalue weighted by Gasteiger charge is 2.61. The highest BCUT2D eigenvalue weighted by Crippen LogP contribution is 2.58. The van der Waals surface area contributed by atoms with E-state index in [0.29, 0.717) is 63.1 Å². The van der Waals surface area contributed by atoms with Crippen LogP contribution in [-0.4, -0.2) is 73.2 Å². The molecule has 4 bridgehead atoms. The van der Waals surface area contributed by atoms with E-state index in [-0.39, 0.29) is 17.5 Å². The lowest BCUT2D eigenvalue weighted by Crippen LogP contribution is -2.68. The number of amides is 1. The highest BCUT2D eigenvalue weighted by atomic mass is 35.5. The predicted molar refractivity (Wildman–Crippen MR) is 187 cm³/mol. The van der Waals surface area contributed by atoms with Gasteiger partial charge in [0.1, 0.15) is 22.9 Å². The summed E-state index contributed by atoms with van der Waals surface area (Å²) in [7, 11) is 3.18. The zero-order valence-corrected chi connectivity index (χ0v) is 29.4. The van der Waals surface area contributed by atoms with Gasteiger partial charge in [-0.1, -0.05) is 37.6 Å². The van der Waals surface area contributed by atoms with Crippen LogP contribution in [0.5, 0.6) is 17.2 Å². The van der Waals surface area contributed by atoms with Gasteiger partial charge in [0.2, 0.25) is 0 Å². The van der Waals surface area contributed by atoms with E-state index in [0.717, 1.165) is 51.7 Å². The highest BCUT2D eigenvalue weighted by molar-refractivity contribution is 6.32. The summed E-state index contributed by atoms with van der Waals surface area (Å²) < 4.78 is 23.3. The van der Waals surface area contributed by atoms with Crippen LogP contribution in [0.4, 0.5) is 4.79 Å². The smallest absolute Gasteiger partial charge is 0.496 e. The Labute approximate surface area is 293 Å². The quantitative estimate of drug-likeness (QED) is 0.0992. The molecule has 4 aliphatic carbocycles. The maximum Gasteiger partial charge on any atom is 0.507 e. The van der Waals surface area contributed by atoms with Crippen LogP contribution < -0.4 is 19.5 Å². The van der Waals surface area contributed by atoms with Crippen molar-refractivity contribution in [1.82, 2.24) is 15.2 Å². The summed E-state index contributed by atoms with van der Waals surface area (Å²) >= 11 is 6.62. The molecule has 0 aliphatic heterocycles. The van der Waals surface area contributed by atoms with Crippen LogP contribution in [0.25, 0.3) is 22.4 Å². The van der Waals surface area contributed by atoms with E-state index >= 15 is 0 Å². The molecule has 0 atom stereocenters. The van der Waals surface area contributed by atoms with E-state index in [1.165, 1.54) is 6.42 Å². The van der Waals surface area contributed by atoms with Crippen molar-refractivity contribution in [2.45, 2.75) is 58.1 Å². The fraction of sp³-hybridized carbons (Fsp3) is 0.500. The molecular weight excluding hydrogens is 646 g/mol. The Balaban J connectivity index is 1.38. The van der Waals surface area contributed by atoms with Gasteiger partial charge in [0.25, 0.3) is 5.91 Å². The SMILES string of the molecule is CCN(CC)CCCOc1cc(-c2nc(C(=O)NC3(OC(=O)O)C4CC5CC(C4)CC3C5)ccc2-c2c(OC)cccc2OC)ccc1Cl. The van der Waals surface area contributed by atoms with E-state index in [9.17, 15) is 14.7 Å². The average Bonchev–Trinajstić information content (AvgIpc) is 3.10. The molecule has 1 aromatic heterocycles. The monoisotopic (exact) mass is 691 g/mol. The minimum Gasteiger partial charge on any atom is -0.496 e. The first-order valence-electron chi connectivity index (χ1n) is 17.3. The summed E-state index contributed by atoms with van der Waals surface area (Å²) in [5.74, 6) is 2.11. The van der Waals surface area contributed by atoms with Gasteiger partial charge in [0.05, 0.1) is 37.1 Å². The number of carbonyl (C=O) groups excluding carboxylic acids is 1. The number of rotatable bonds is 14. The summed E-state index contributed by atoms with van der Waals surface area (Å²) in [4.78, 5) is 33.5. The topological polar surface area (TPSA) is 119 Å². The first kappa shape index (κ1) is 34.8. The van der Waals surface area contributed by atoms with Gasteiger partial charge in [-0.25, -0.2) is 9.78 Å². The number of carboxylic acid groups (broad SMARTS) is 1. The standard InChI is InChI=1S/C38H46ClN3O7/c1-5-42(6-2)15-8-16-48-33-22-25(11-13-29(33)39)35-28(34-31(46-3)9-7-10-32(34)47-4)12-14-30(40-35)36(43)41-38(49-37(44)45)26-18-23-17-24(20-26)21-27(38)19-23/h7,9-14,22-24,26-27H,5-6,8,15-21H2,1-4H3,(H,41,43)(H,44,45). The van der Waals surface area contributed by atoms with Gasteiger partial charge in [-0.15, -0.1) is 0 Å². The van der Waals surface area contributed by atoms with E-state index in [2.05, 4.69) is 24.1 Å². The predicted octanol–water partition coefficient (Wildman–Crippen LogP) is 7.77. The molecule has 2 aromatic carbocycles. The van der Waals surface area contributed by atoms with Gasteiger partial charge in [-0.05, 0) is 99.8 Å². The lowest BCUT2D eigenvalue weighted by atomic mass is 9.52. The molecule has 262 valence electrons. The molecule has 10 nitrogen and oxygen atoms in total. The molecule has 0 radical (unpaired) electrons. The molecule has 4 aliphatic rings. The van der Waals surface area contributed by atoms with Gasteiger partial charge in [0.15, 0.2) is 5.72 Å². The molecule has 1 heterocycles. The molecule has 49 heavy (non-hydrogen) atoms. The van der Waals surface area contributed by atoms with Crippen LogP contribution in [0.1, 0.15) is 62.9 Å². The van der Waals surface area contributed by atoms with E-state index in [1.807, 2.05) is 36.4 Å². The Morgan fingerprint density at radius 2 is 1.59 bits per heavy atom. The third kappa shape index (κ3) is 7.03. The number of nitrogens with one attached hydrogen (secondary N) is 1. The fourth-order valence-corrected chi connectivity index (χ4v) is 8.73. The number of halogens is 1. The van der Waals surface area contributed by atoms with Crippen molar-refractivity contribution in [2.24, 2.45) is 23.7 Å². The number of benzene rings is 2. The Morgan fingerprint density at radius 1 is 0.939 bits per heavy atom. The minimum atomic E-state index is -1.38. The summed E-state index contributed by atoms with van der Waals surface area (Å²) in [5, 5.41) is 13.4. The molecule has 4 fully saturated rings. The molecule has 1 amide bonds. The van der Waals surface area contributed by atoms with Crippen LogP contribution in [0, 0.1) is 23.7 Å². The van der Waals surface area contributed by atoms with Crippen molar-refractivity contribution in [3.05, 3.63) is 59.2 Å². The van der Waals surface area contributed by atoms with Crippen LogP contribution in [0.3, 0.4) is 0 Å². The van der Waals surface area contributed by atoms with Crippen molar-refractivity contribution >= 4 is 23.7 Å². The lowest BCUT2D eigenvalue weighted by Gasteiger charge is -2.59. The number of nitrogens with zero attached hydrogens (tertiary/aromatic N) is 2. The molecule has 0 spiro atoms. The summed E-state index contributed by atoms with van der Waals surface area (Å²) in [6, 6.07) is 14.4. The number of aromatic nitrogens is 1. The van der Waals surface area contributed by atoms with Gasteiger partial charge in [-0.2, -0.15) is 0 Å². The first-order valence-corrected chi connectivity index (χ1v) is 17.7. The molecular formula is C38H46ClN3O7. The Hall–Kier alpha value is -4.02. The number of hydrogen-bond acceptors (Lipinski definition) is 8.